The number of aromatic nitrogens is 1. The number of piperidine rings is 1. The molecule has 2 saturated heterocycles. The molecule has 2 aromatic rings. The van der Waals surface area contributed by atoms with Crippen LogP contribution in [-0.2, 0) is 30.8 Å². The van der Waals surface area contributed by atoms with E-state index in [2.05, 4.69) is 0 Å². The summed E-state index contributed by atoms with van der Waals surface area (Å²) in [7, 11) is -5.58. The molecule has 0 bridgehead atoms. The Kier molecular flexibility index (Phi) is 5.27. The Bertz CT molecular complexity index is 1140. The van der Waals surface area contributed by atoms with Crippen LogP contribution in [0, 0.1) is 11.8 Å². The minimum atomic E-state index is -5.58. The minimum Gasteiger partial charge on any atom is -0.462 e. The number of hydrogen-bond donors (Lipinski definition) is 0. The molecule has 0 aliphatic carbocycles. The quantitative estimate of drug-likeness (QED) is 0.658. The minimum absolute atomic E-state index is 0.00218. The summed E-state index contributed by atoms with van der Waals surface area (Å²) in [5.74, 6) is -0.510. The third kappa shape index (κ3) is 3.79. The van der Waals surface area contributed by atoms with Gasteiger partial charge in [-0.2, -0.15) is 21.6 Å². The van der Waals surface area contributed by atoms with E-state index in [1.807, 2.05) is 0 Å². The number of esters is 1. The maximum absolute atomic E-state index is 13.1. The molecule has 0 radical (unpaired) electrons. The van der Waals surface area contributed by atoms with Gasteiger partial charge in [0, 0.05) is 43.4 Å². The van der Waals surface area contributed by atoms with E-state index in [4.69, 9.17) is 4.74 Å². The van der Waals surface area contributed by atoms with Crippen LogP contribution >= 0.6 is 0 Å². The fraction of sp³-hybridized carbons (Fsp3) is 0.500. The van der Waals surface area contributed by atoms with E-state index >= 15 is 0 Å². The maximum Gasteiger partial charge on any atom is 0.517 e. The molecule has 0 N–H and O–H groups in total. The van der Waals surface area contributed by atoms with Crippen LogP contribution in [0.25, 0.3) is 10.9 Å². The summed E-state index contributed by atoms with van der Waals surface area (Å²) in [6, 6.07) is 5.96. The van der Waals surface area contributed by atoms with Gasteiger partial charge in [0.05, 0.1) is 5.52 Å². The summed E-state index contributed by atoms with van der Waals surface area (Å²) in [6.45, 7) is 2.40. The second kappa shape index (κ2) is 7.54. The van der Waals surface area contributed by atoms with Crippen LogP contribution in [0.2, 0.25) is 0 Å². The normalized spacial score (nSPS) is 24.9. The van der Waals surface area contributed by atoms with E-state index in [-0.39, 0.29) is 65.1 Å². The fourth-order valence-electron chi connectivity index (χ4n) is 4.52. The Morgan fingerprint density at radius 1 is 1.16 bits per heavy atom. The van der Waals surface area contributed by atoms with Crippen molar-refractivity contribution in [2.45, 2.75) is 37.8 Å². The van der Waals surface area contributed by atoms with Crippen LogP contribution in [0.15, 0.2) is 30.5 Å². The third-order valence-electron chi connectivity index (χ3n) is 6.14. The lowest BCUT2D eigenvalue weighted by Gasteiger charge is -2.43. The van der Waals surface area contributed by atoms with Crippen molar-refractivity contribution in [3.63, 3.8) is 0 Å². The third-order valence-corrected chi connectivity index (χ3v) is 7.54. The molecule has 2 aliphatic rings. The standard InChI is InChI=1S/C20H21F3N2O5S/c1-12-16-11-24(18(26)8-14(16)9-19(27)30-12)7-6-13-10-25(31(28,29)20(21,22)23)17-5-3-2-4-15(13)17/h2-5,10,12,14,16H,6-9,11H2,1H3/t12-,14+,16+/m0/s1. The number of fused-ring (bicyclic) bond motifs is 2. The molecule has 1 aromatic heterocycles. The van der Waals surface area contributed by atoms with Gasteiger partial charge in [-0.15, -0.1) is 0 Å². The van der Waals surface area contributed by atoms with Crippen LogP contribution in [0.1, 0.15) is 25.3 Å². The number of nitrogens with zero attached hydrogens (tertiary/aromatic N) is 2. The van der Waals surface area contributed by atoms with Gasteiger partial charge in [0.25, 0.3) is 0 Å². The number of carbonyl (C=O) groups excluding carboxylic acids is 2. The van der Waals surface area contributed by atoms with Crippen LogP contribution in [0.5, 0.6) is 0 Å². The van der Waals surface area contributed by atoms with Gasteiger partial charge in [-0.1, -0.05) is 18.2 Å². The molecule has 0 spiro atoms. The van der Waals surface area contributed by atoms with Crippen LogP contribution < -0.4 is 0 Å². The number of amides is 1. The fourth-order valence-corrected chi connectivity index (χ4v) is 5.43. The number of carbonyl (C=O) groups is 2. The predicted molar refractivity (Wildman–Crippen MR) is 104 cm³/mol. The zero-order valence-corrected chi connectivity index (χ0v) is 17.4. The SMILES string of the molecule is C[C@@H]1OC(=O)C[C@H]2CC(=O)N(CCc3cn(S(=O)(=O)C(F)(F)F)c4ccccc34)C[C@@H]21. The number of cyclic esters (lactones) is 1. The first-order valence-corrected chi connectivity index (χ1v) is 11.3. The zero-order chi connectivity index (χ0) is 22.6. The monoisotopic (exact) mass is 458 g/mol. The lowest BCUT2D eigenvalue weighted by Crippen LogP contribution is -2.52. The van der Waals surface area contributed by atoms with E-state index < -0.39 is 15.5 Å². The number of benzene rings is 1. The van der Waals surface area contributed by atoms with Crippen molar-refractivity contribution in [1.29, 1.82) is 0 Å². The van der Waals surface area contributed by atoms with Gasteiger partial charge in [0.15, 0.2) is 0 Å². The molecule has 1 amide bonds. The lowest BCUT2D eigenvalue weighted by molar-refractivity contribution is -0.168. The molecular formula is C20H21F3N2O5S. The zero-order valence-electron chi connectivity index (χ0n) is 16.6. The molecule has 1 aromatic carbocycles. The number of alkyl halides is 3. The molecule has 4 rings (SSSR count). The Labute approximate surface area is 176 Å². The van der Waals surface area contributed by atoms with Gasteiger partial charge >= 0.3 is 21.5 Å². The molecule has 7 nitrogen and oxygen atoms in total. The van der Waals surface area contributed by atoms with Crippen molar-refractivity contribution in [2.24, 2.45) is 11.8 Å². The topological polar surface area (TPSA) is 85.7 Å². The first kappa shape index (κ1) is 21.7. The van der Waals surface area contributed by atoms with Crippen molar-refractivity contribution in [1.82, 2.24) is 8.87 Å². The number of likely N-dealkylation sites (tertiary alicyclic amines) is 1. The molecule has 11 heteroatoms. The molecular weight excluding hydrogens is 437 g/mol. The first-order chi connectivity index (χ1) is 14.5. The number of ether oxygens (including phenoxy) is 1. The van der Waals surface area contributed by atoms with E-state index in [0.717, 1.165) is 6.20 Å². The number of para-hydroxylation sites is 1. The highest BCUT2D eigenvalue weighted by Crippen LogP contribution is 2.36. The smallest absolute Gasteiger partial charge is 0.462 e. The Morgan fingerprint density at radius 3 is 2.58 bits per heavy atom. The molecule has 2 aliphatic heterocycles. The highest BCUT2D eigenvalue weighted by Gasteiger charge is 2.48. The number of hydrogen-bond acceptors (Lipinski definition) is 5. The summed E-state index contributed by atoms with van der Waals surface area (Å²) in [5.41, 5.74) is -5.09. The Balaban J connectivity index is 1.58. The summed E-state index contributed by atoms with van der Waals surface area (Å²) < 4.78 is 68.8. The van der Waals surface area contributed by atoms with Gasteiger partial charge < -0.3 is 9.64 Å². The van der Waals surface area contributed by atoms with Gasteiger partial charge in [-0.3, -0.25) is 9.59 Å². The van der Waals surface area contributed by atoms with Crippen molar-refractivity contribution in [3.8, 4) is 0 Å². The predicted octanol–water partition coefficient (Wildman–Crippen LogP) is 2.68. The molecule has 3 heterocycles. The van der Waals surface area contributed by atoms with Gasteiger partial charge in [0.2, 0.25) is 5.91 Å². The summed E-state index contributed by atoms with van der Waals surface area (Å²) in [4.78, 5) is 25.8. The van der Waals surface area contributed by atoms with E-state index in [9.17, 15) is 31.2 Å². The van der Waals surface area contributed by atoms with Crippen LogP contribution in [-0.4, -0.2) is 53.9 Å². The van der Waals surface area contributed by atoms with Crippen LogP contribution in [0.3, 0.4) is 0 Å². The highest BCUT2D eigenvalue weighted by atomic mass is 32.2. The average molecular weight is 458 g/mol. The molecule has 3 atom stereocenters. The largest absolute Gasteiger partial charge is 0.517 e. The van der Waals surface area contributed by atoms with E-state index in [0.29, 0.717) is 17.5 Å². The van der Waals surface area contributed by atoms with Crippen LogP contribution in [0.4, 0.5) is 13.2 Å². The molecule has 0 saturated carbocycles. The van der Waals surface area contributed by atoms with Crippen molar-refractivity contribution in [3.05, 3.63) is 36.0 Å². The molecule has 168 valence electrons. The van der Waals surface area contributed by atoms with Crippen molar-refractivity contribution in [2.75, 3.05) is 13.1 Å². The summed E-state index contributed by atoms with van der Waals surface area (Å²) in [6.07, 6.45) is 1.28. The second-order valence-corrected chi connectivity index (χ2v) is 9.84. The lowest BCUT2D eigenvalue weighted by atomic mass is 9.78. The summed E-state index contributed by atoms with van der Waals surface area (Å²) >= 11 is 0. The van der Waals surface area contributed by atoms with E-state index in [1.54, 1.807) is 24.0 Å². The van der Waals surface area contributed by atoms with Gasteiger partial charge in [0.1, 0.15) is 6.10 Å². The van der Waals surface area contributed by atoms with Crippen molar-refractivity contribution >= 4 is 32.8 Å². The average Bonchev–Trinajstić information content (AvgIpc) is 3.05. The Morgan fingerprint density at radius 2 is 1.87 bits per heavy atom. The van der Waals surface area contributed by atoms with Gasteiger partial charge in [-0.25, -0.2) is 3.97 Å². The first-order valence-electron chi connectivity index (χ1n) is 9.87. The molecule has 31 heavy (non-hydrogen) atoms. The van der Waals surface area contributed by atoms with Crippen molar-refractivity contribution < 1.29 is 35.9 Å². The van der Waals surface area contributed by atoms with E-state index in [1.165, 1.54) is 12.1 Å². The number of halogens is 3. The maximum atomic E-state index is 13.1. The number of rotatable bonds is 4. The Hall–Kier alpha value is -2.56. The molecule has 0 unspecified atom stereocenters. The second-order valence-electron chi connectivity index (χ2n) is 8.04. The highest BCUT2D eigenvalue weighted by molar-refractivity contribution is 7.90. The summed E-state index contributed by atoms with van der Waals surface area (Å²) in [5, 5.41) is 0.387. The van der Waals surface area contributed by atoms with Gasteiger partial charge in [-0.05, 0) is 30.9 Å². The molecule has 2 fully saturated rings.